The Kier molecular flexibility index (Phi) is 5.44. The molecule has 0 rings (SSSR count). The highest BCUT2D eigenvalue weighted by molar-refractivity contribution is 7.90. The highest BCUT2D eigenvalue weighted by Gasteiger charge is 2.12. The Balaban J connectivity index is 3.55. The molecule has 1 radical (unpaired) electrons. The molecule has 0 aliphatic rings. The van der Waals surface area contributed by atoms with Crippen LogP contribution in [-0.4, -0.2) is 40.1 Å². The van der Waals surface area contributed by atoms with Gasteiger partial charge in [0.2, 0.25) is 0 Å². The van der Waals surface area contributed by atoms with Gasteiger partial charge in [0.15, 0.2) is 13.1 Å². The fourth-order valence-electron chi connectivity index (χ4n) is 0.724. The van der Waals surface area contributed by atoms with Crippen molar-refractivity contribution < 1.29 is 13.3 Å². The molecule has 0 aliphatic carbocycles. The Labute approximate surface area is 74.4 Å². The third-order valence-corrected chi connectivity index (χ3v) is 2.34. The van der Waals surface area contributed by atoms with E-state index in [1.807, 2.05) is 13.8 Å². The molecule has 0 bridgehead atoms. The summed E-state index contributed by atoms with van der Waals surface area (Å²) in [7, 11) is -2.89. The highest BCUT2D eigenvalue weighted by Crippen LogP contribution is 1.87. The van der Waals surface area contributed by atoms with E-state index >= 15 is 0 Å². The second-order valence-electron chi connectivity index (χ2n) is 2.58. The molecule has 12 heavy (non-hydrogen) atoms. The van der Waals surface area contributed by atoms with E-state index in [0.29, 0.717) is 0 Å². The Bertz CT molecular complexity index is 197. The van der Waals surface area contributed by atoms with Crippen molar-refractivity contribution in [3.05, 3.63) is 0 Å². The van der Waals surface area contributed by atoms with E-state index in [-0.39, 0.29) is 12.4 Å². The van der Waals surface area contributed by atoms with Crippen LogP contribution in [0.1, 0.15) is 13.8 Å². The Morgan fingerprint density at radius 3 is 2.08 bits per heavy atom. The molecule has 0 amide bonds. The van der Waals surface area contributed by atoms with Crippen molar-refractivity contribution in [1.82, 2.24) is 5.06 Å². The van der Waals surface area contributed by atoms with Crippen LogP contribution in [0.4, 0.5) is 0 Å². The molecule has 73 valence electrons. The van der Waals surface area contributed by atoms with Gasteiger partial charge in [-0.05, 0) is 18.9 Å². The van der Waals surface area contributed by atoms with E-state index in [2.05, 4.69) is 0 Å². The van der Waals surface area contributed by atoms with Crippen molar-refractivity contribution in [2.75, 3.05) is 31.7 Å². The van der Waals surface area contributed by atoms with Gasteiger partial charge in [-0.25, -0.2) is 8.42 Å². The van der Waals surface area contributed by atoms with E-state index in [0.717, 1.165) is 13.1 Å². The number of hydroxylamine groups is 2. The summed E-state index contributed by atoms with van der Waals surface area (Å²) in [5.74, 6) is 0.0868. The minimum atomic E-state index is -2.89. The first-order valence-electron chi connectivity index (χ1n) is 4.05. The van der Waals surface area contributed by atoms with Gasteiger partial charge in [-0.1, -0.05) is 0 Å². The predicted molar refractivity (Wildman–Crippen MR) is 48.9 cm³/mol. The molecule has 0 saturated carbocycles. The molecule has 0 aromatic heterocycles. The van der Waals surface area contributed by atoms with Crippen LogP contribution in [-0.2, 0) is 14.7 Å². The second-order valence-corrected chi connectivity index (χ2v) is 4.84. The Hall–Kier alpha value is -0.130. The lowest BCUT2D eigenvalue weighted by Gasteiger charge is -2.04. The van der Waals surface area contributed by atoms with Crippen molar-refractivity contribution in [1.29, 1.82) is 0 Å². The minimum absolute atomic E-state index is 0.0868. The van der Waals surface area contributed by atoms with Gasteiger partial charge < -0.3 is 0 Å². The van der Waals surface area contributed by atoms with Crippen LogP contribution in [0.25, 0.3) is 0 Å². The zero-order valence-corrected chi connectivity index (χ0v) is 8.73. The number of hydrogen-bond donors (Lipinski definition) is 0. The number of rotatable bonds is 6. The largest absolute Gasteiger partial charge is 0.229 e. The minimum Gasteiger partial charge on any atom is -0.229 e. The molecule has 0 heterocycles. The maximum Gasteiger partial charge on any atom is 0.157 e. The topological polar surface area (TPSA) is 49.3 Å². The molecule has 0 aliphatic heterocycles. The first-order valence-corrected chi connectivity index (χ1v) is 6.11. The summed E-state index contributed by atoms with van der Waals surface area (Å²) >= 11 is 0. The molecule has 0 unspecified atom stereocenters. The summed E-state index contributed by atoms with van der Waals surface area (Å²) in [6.07, 6.45) is 1.21. The summed E-state index contributed by atoms with van der Waals surface area (Å²) < 4.78 is 21.4. The van der Waals surface area contributed by atoms with Crippen LogP contribution in [0.2, 0.25) is 0 Å². The molecule has 0 atom stereocenters. The van der Waals surface area contributed by atoms with Gasteiger partial charge in [0.05, 0.1) is 5.75 Å². The maximum absolute atomic E-state index is 10.7. The number of nitrogens with zero attached hydrogens (tertiary/aromatic N) is 1. The average Bonchev–Trinajstić information content (AvgIpc) is 1.96. The average molecular weight is 195 g/mol. The summed E-state index contributed by atoms with van der Waals surface area (Å²) in [4.78, 5) is 5.17. The summed E-state index contributed by atoms with van der Waals surface area (Å²) in [5, 5.41) is 1.73. The van der Waals surface area contributed by atoms with Crippen molar-refractivity contribution in [3.63, 3.8) is 0 Å². The van der Waals surface area contributed by atoms with Crippen LogP contribution >= 0.6 is 0 Å². The lowest BCUT2D eigenvalue weighted by atomic mass is 10.6. The molecular formula is C7H17NO3S+. The smallest absolute Gasteiger partial charge is 0.157 e. The predicted octanol–water partition coefficient (Wildman–Crippen LogP) is 0.143. The van der Waals surface area contributed by atoms with Crippen LogP contribution in [0, 0.1) is 0 Å². The van der Waals surface area contributed by atoms with E-state index in [1.54, 1.807) is 5.06 Å². The molecule has 0 aromatic rings. The molecule has 5 heteroatoms. The lowest BCUT2D eigenvalue weighted by molar-refractivity contribution is -0.0573. The summed E-state index contributed by atoms with van der Waals surface area (Å²) in [5.41, 5.74) is 0. The zero-order valence-electron chi connectivity index (χ0n) is 7.91. The molecule has 4 nitrogen and oxygen atoms in total. The first kappa shape index (κ1) is 11.9. The standard InChI is InChI=1S/C7H17NO3S/c1-4-8(5-2)11-6-7-12(3,9)10/h4-7H2,1-3H3/q+1. The van der Waals surface area contributed by atoms with Gasteiger partial charge in [0.25, 0.3) is 0 Å². The van der Waals surface area contributed by atoms with Gasteiger partial charge in [-0.2, -0.15) is 0 Å². The number of hydrogen-bond acceptors (Lipinski definition) is 4. The van der Waals surface area contributed by atoms with Crippen LogP contribution in [0.5, 0.6) is 0 Å². The monoisotopic (exact) mass is 195 g/mol. The maximum atomic E-state index is 10.7. The van der Waals surface area contributed by atoms with Gasteiger partial charge in [0.1, 0.15) is 16.4 Å². The molecule has 0 fully saturated rings. The molecule has 0 N–H and O–H groups in total. The van der Waals surface area contributed by atoms with Gasteiger partial charge in [0, 0.05) is 6.26 Å². The molecule has 0 spiro atoms. The first-order chi connectivity index (χ1) is 5.49. The van der Waals surface area contributed by atoms with E-state index in [9.17, 15) is 8.42 Å². The van der Waals surface area contributed by atoms with Crippen molar-refractivity contribution >= 4 is 9.84 Å². The zero-order chi connectivity index (χ0) is 9.61. The van der Waals surface area contributed by atoms with Crippen molar-refractivity contribution in [3.8, 4) is 0 Å². The number of sulfone groups is 1. The highest BCUT2D eigenvalue weighted by atomic mass is 32.2. The van der Waals surface area contributed by atoms with E-state index < -0.39 is 9.84 Å². The fourth-order valence-corrected chi connectivity index (χ4v) is 1.10. The summed E-state index contributed by atoms with van der Waals surface area (Å²) in [6.45, 7) is 5.73. The quantitative estimate of drug-likeness (QED) is 0.447. The van der Waals surface area contributed by atoms with Crippen molar-refractivity contribution in [2.45, 2.75) is 13.8 Å². The van der Waals surface area contributed by atoms with Gasteiger partial charge in [-0.15, -0.1) is 4.84 Å². The third-order valence-electron chi connectivity index (χ3n) is 1.43. The van der Waals surface area contributed by atoms with Gasteiger partial charge in [-0.3, -0.25) is 0 Å². The Morgan fingerprint density at radius 2 is 1.75 bits per heavy atom. The normalized spacial score (nSPS) is 12.3. The van der Waals surface area contributed by atoms with Gasteiger partial charge >= 0.3 is 0 Å². The van der Waals surface area contributed by atoms with Crippen LogP contribution in [0.3, 0.4) is 0 Å². The van der Waals surface area contributed by atoms with Crippen LogP contribution < -0.4 is 5.06 Å². The van der Waals surface area contributed by atoms with Crippen LogP contribution in [0.15, 0.2) is 0 Å². The molecule has 0 saturated heterocycles. The Morgan fingerprint density at radius 1 is 1.25 bits per heavy atom. The SMILES string of the molecule is CC[N+](CC)OCCS(C)(=O)=O. The summed E-state index contributed by atoms with van der Waals surface area (Å²) in [6, 6.07) is 0. The molecule has 0 aromatic carbocycles. The lowest BCUT2D eigenvalue weighted by Crippen LogP contribution is -2.31. The van der Waals surface area contributed by atoms with Crippen molar-refractivity contribution in [2.24, 2.45) is 0 Å². The molecular weight excluding hydrogens is 178 g/mol. The second kappa shape index (κ2) is 5.50. The van der Waals surface area contributed by atoms with E-state index in [1.165, 1.54) is 6.26 Å². The third kappa shape index (κ3) is 6.57. The fraction of sp³-hybridized carbons (Fsp3) is 1.00. The van der Waals surface area contributed by atoms with E-state index in [4.69, 9.17) is 4.84 Å².